The number of hydrogen-bond donors (Lipinski definition) is 6. The highest BCUT2D eigenvalue weighted by Gasteiger charge is 2.41. The summed E-state index contributed by atoms with van der Waals surface area (Å²) in [5, 5.41) is 10.2. The quantitative estimate of drug-likeness (QED) is 0.127. The van der Waals surface area contributed by atoms with Gasteiger partial charge in [0.1, 0.15) is 18.2 Å². The zero-order chi connectivity index (χ0) is 29.3. The number of aryl methyl sites for hydroxylation is 1. The molecule has 0 radical (unpaired) electrons. The zero-order valence-corrected chi connectivity index (χ0v) is 26.3. The maximum Gasteiger partial charge on any atom is 0.490 e. The van der Waals surface area contributed by atoms with E-state index in [1.165, 1.54) is 6.20 Å². The van der Waals surface area contributed by atoms with Crippen molar-refractivity contribution < 1.29 is 56.3 Å². The molecule has 0 amide bonds. The SMILES string of the molecule is Cc1cc(C#Cc2cn([C@H]3CC(O)=C(COP(=O)(O)OP(=O)(O)OP(=O)(O)O)O3)c(=O)nc2N)c(I)cc1I. The Bertz CT molecular complexity index is 1610. The molecule has 0 spiro atoms. The van der Waals surface area contributed by atoms with Crippen LogP contribution in [-0.4, -0.2) is 40.8 Å². The lowest BCUT2D eigenvalue weighted by atomic mass is 10.1. The number of ether oxygens (including phenoxy) is 1. The molecule has 2 heterocycles. The number of hydrogen-bond acceptors (Lipinski definition) is 11. The number of aromatic nitrogens is 2. The van der Waals surface area contributed by atoms with Gasteiger partial charge in [0.25, 0.3) is 0 Å². The van der Waals surface area contributed by atoms with Crippen molar-refractivity contribution in [1.82, 2.24) is 9.55 Å². The van der Waals surface area contributed by atoms with Gasteiger partial charge in [-0.05, 0) is 69.8 Å². The van der Waals surface area contributed by atoms with Crippen LogP contribution in [-0.2, 0) is 31.6 Å². The van der Waals surface area contributed by atoms with E-state index in [1.807, 2.05) is 19.1 Å². The van der Waals surface area contributed by atoms with Gasteiger partial charge in [0.15, 0.2) is 12.0 Å². The van der Waals surface area contributed by atoms with Crippen LogP contribution in [0, 0.1) is 25.9 Å². The highest BCUT2D eigenvalue weighted by atomic mass is 127. The van der Waals surface area contributed by atoms with Crippen molar-refractivity contribution in [3.05, 3.63) is 64.2 Å². The molecular weight excluding hydrogens is 813 g/mol. The molecule has 1 aromatic heterocycles. The molecule has 0 fully saturated rings. The molecule has 0 saturated heterocycles. The highest BCUT2D eigenvalue weighted by molar-refractivity contribution is 14.1. The molecule has 212 valence electrons. The number of benzene rings is 1. The molecule has 39 heavy (non-hydrogen) atoms. The van der Waals surface area contributed by atoms with E-state index in [0.717, 1.165) is 22.8 Å². The maximum atomic E-state index is 12.5. The van der Waals surface area contributed by atoms with Gasteiger partial charge in [0.2, 0.25) is 0 Å². The highest BCUT2D eigenvalue weighted by Crippen LogP contribution is 2.66. The Morgan fingerprint density at radius 2 is 1.74 bits per heavy atom. The van der Waals surface area contributed by atoms with Crippen molar-refractivity contribution in [2.24, 2.45) is 0 Å². The fourth-order valence-corrected chi connectivity index (χ4v) is 7.58. The molecule has 0 saturated carbocycles. The summed E-state index contributed by atoms with van der Waals surface area (Å²) in [7, 11) is -16.8. The van der Waals surface area contributed by atoms with E-state index in [-0.39, 0.29) is 17.8 Å². The van der Waals surface area contributed by atoms with Gasteiger partial charge < -0.3 is 35.2 Å². The Morgan fingerprint density at radius 1 is 1.10 bits per heavy atom. The van der Waals surface area contributed by atoms with E-state index in [0.29, 0.717) is 0 Å². The standard InChI is InChI=1S/C18H18I2N3O13P3/c1-9-4-10(13(20)5-12(9)19)2-3-11-7-23(18(25)22-17(11)21)16-6-14(24)15(34-16)8-33-38(29,30)36-39(31,32)35-37(26,27)28/h4-5,7,16,24H,6,8H2,1H3,(H,29,30)(H,31,32)(H2,21,22,25)(H2,26,27,28)/t16-/m1/s1. The summed E-state index contributed by atoms with van der Waals surface area (Å²) in [6.45, 7) is 0.915. The van der Waals surface area contributed by atoms with Gasteiger partial charge in [-0.25, -0.2) is 18.5 Å². The number of halogens is 2. The van der Waals surface area contributed by atoms with Crippen LogP contribution in [0.3, 0.4) is 0 Å². The number of nitrogens with two attached hydrogens (primary N) is 1. The fraction of sp³-hybridized carbons (Fsp3) is 0.222. The molecule has 1 aliphatic heterocycles. The van der Waals surface area contributed by atoms with Gasteiger partial charge in [-0.15, -0.1) is 0 Å². The number of phosphoric ester groups is 1. The summed E-state index contributed by atoms with van der Waals surface area (Å²) in [4.78, 5) is 52.1. The van der Waals surface area contributed by atoms with Crippen molar-refractivity contribution in [2.75, 3.05) is 12.3 Å². The first-order valence-electron chi connectivity index (χ1n) is 10.1. The molecule has 2 unspecified atom stereocenters. The van der Waals surface area contributed by atoms with Crippen molar-refractivity contribution in [3.8, 4) is 11.8 Å². The second-order valence-electron chi connectivity index (χ2n) is 7.57. The molecule has 7 N–H and O–H groups in total. The van der Waals surface area contributed by atoms with E-state index >= 15 is 0 Å². The van der Waals surface area contributed by atoms with Gasteiger partial charge in [0.05, 0.1) is 12.0 Å². The number of nitrogens with zero attached hydrogens (tertiary/aromatic N) is 2. The predicted molar refractivity (Wildman–Crippen MR) is 150 cm³/mol. The lowest BCUT2D eigenvalue weighted by Gasteiger charge is -2.18. The van der Waals surface area contributed by atoms with Gasteiger partial charge >= 0.3 is 29.2 Å². The van der Waals surface area contributed by atoms with Gasteiger partial charge in [0, 0.05) is 18.9 Å². The normalized spacial score (nSPS) is 18.6. The van der Waals surface area contributed by atoms with Gasteiger partial charge in [-0.3, -0.25) is 9.09 Å². The maximum absolute atomic E-state index is 12.5. The van der Waals surface area contributed by atoms with Crippen molar-refractivity contribution in [2.45, 2.75) is 19.6 Å². The summed E-state index contributed by atoms with van der Waals surface area (Å²) >= 11 is 4.34. The molecule has 3 rings (SSSR count). The Morgan fingerprint density at radius 3 is 2.38 bits per heavy atom. The second kappa shape index (κ2) is 12.3. The van der Waals surface area contributed by atoms with Crippen LogP contribution in [0.15, 0.2) is 34.6 Å². The van der Waals surface area contributed by atoms with Crippen LogP contribution in [0.25, 0.3) is 0 Å². The van der Waals surface area contributed by atoms with Gasteiger partial charge in [-0.1, -0.05) is 11.8 Å². The molecule has 0 bridgehead atoms. The van der Waals surface area contributed by atoms with Crippen LogP contribution < -0.4 is 11.4 Å². The molecule has 1 aliphatic rings. The third kappa shape index (κ3) is 9.08. The van der Waals surface area contributed by atoms with Crippen LogP contribution in [0.2, 0.25) is 0 Å². The van der Waals surface area contributed by atoms with E-state index in [2.05, 4.69) is 75.2 Å². The summed E-state index contributed by atoms with van der Waals surface area (Å²) in [5.74, 6) is 4.70. The summed E-state index contributed by atoms with van der Waals surface area (Å²) in [6, 6.07) is 3.84. The van der Waals surface area contributed by atoms with E-state index in [9.17, 15) is 33.4 Å². The average molecular weight is 831 g/mol. The van der Waals surface area contributed by atoms with E-state index in [1.54, 1.807) is 0 Å². The van der Waals surface area contributed by atoms with Crippen LogP contribution >= 0.6 is 68.6 Å². The number of rotatable bonds is 8. The topological polar surface area (TPSA) is 250 Å². The summed E-state index contributed by atoms with van der Waals surface area (Å²) < 4.78 is 54.0. The zero-order valence-electron chi connectivity index (χ0n) is 19.3. The Balaban J connectivity index is 1.76. The second-order valence-corrected chi connectivity index (χ2v) is 14.3. The van der Waals surface area contributed by atoms with Crippen molar-refractivity contribution in [1.29, 1.82) is 0 Å². The van der Waals surface area contributed by atoms with Crippen molar-refractivity contribution >= 4 is 74.5 Å². The number of aliphatic hydroxyl groups is 1. The summed E-state index contributed by atoms with van der Waals surface area (Å²) in [5.41, 5.74) is 6.91. The molecule has 3 atom stereocenters. The minimum Gasteiger partial charge on any atom is -0.508 e. The first-order valence-corrected chi connectivity index (χ1v) is 16.8. The monoisotopic (exact) mass is 831 g/mol. The lowest BCUT2D eigenvalue weighted by molar-refractivity contribution is 0.0571. The molecule has 0 aliphatic carbocycles. The number of phosphoric acid groups is 3. The fourth-order valence-electron chi connectivity index (χ4n) is 2.94. The number of anilines is 1. The third-order valence-corrected chi connectivity index (χ3v) is 10.5. The Kier molecular flexibility index (Phi) is 10.1. The van der Waals surface area contributed by atoms with Crippen LogP contribution in [0.5, 0.6) is 0 Å². The Hall–Kier alpha value is -1.33. The predicted octanol–water partition coefficient (Wildman–Crippen LogP) is 2.77. The van der Waals surface area contributed by atoms with E-state index in [4.69, 9.17) is 20.3 Å². The van der Waals surface area contributed by atoms with Crippen LogP contribution in [0.1, 0.15) is 29.3 Å². The minimum atomic E-state index is -5.73. The Labute approximate surface area is 246 Å². The molecule has 16 nitrogen and oxygen atoms in total. The molecular formula is C18H18I2N3O13P3. The van der Waals surface area contributed by atoms with E-state index < -0.39 is 53.5 Å². The number of nitrogen functional groups attached to an aromatic ring is 1. The van der Waals surface area contributed by atoms with Crippen molar-refractivity contribution in [3.63, 3.8) is 0 Å². The molecule has 21 heteroatoms. The molecule has 2 aromatic rings. The van der Waals surface area contributed by atoms with Gasteiger partial charge in [-0.2, -0.15) is 13.6 Å². The first-order chi connectivity index (χ1) is 17.9. The first kappa shape index (κ1) is 32.2. The summed E-state index contributed by atoms with van der Waals surface area (Å²) in [6.07, 6.45) is -0.263. The molecule has 1 aromatic carbocycles. The average Bonchev–Trinajstić information content (AvgIpc) is 3.12. The third-order valence-electron chi connectivity index (χ3n) is 4.61. The lowest BCUT2D eigenvalue weighted by Crippen LogP contribution is -2.28. The number of aliphatic hydroxyl groups excluding tert-OH is 1. The largest absolute Gasteiger partial charge is 0.508 e. The van der Waals surface area contributed by atoms with Crippen LogP contribution in [0.4, 0.5) is 5.82 Å². The smallest absolute Gasteiger partial charge is 0.490 e. The minimum absolute atomic E-state index is 0.149.